The van der Waals surface area contributed by atoms with E-state index in [1.54, 1.807) is 7.11 Å². The van der Waals surface area contributed by atoms with E-state index in [0.717, 1.165) is 38.1 Å². The lowest BCUT2D eigenvalue weighted by molar-refractivity contribution is 0.0985. The number of rotatable bonds is 7. The molecule has 0 saturated carbocycles. The van der Waals surface area contributed by atoms with Crippen LogP contribution in [0.4, 0.5) is 0 Å². The zero-order chi connectivity index (χ0) is 16.1. The molecule has 0 N–H and O–H groups in total. The van der Waals surface area contributed by atoms with Crippen LogP contribution in [-0.2, 0) is 24.1 Å². The maximum atomic E-state index is 5.44. The maximum Gasteiger partial charge on any atom is 0.244 e. The van der Waals surface area contributed by atoms with Gasteiger partial charge in [-0.2, -0.15) is 9.97 Å². The van der Waals surface area contributed by atoms with Crippen LogP contribution < -0.4 is 0 Å². The van der Waals surface area contributed by atoms with Crippen molar-refractivity contribution in [1.29, 1.82) is 0 Å². The van der Waals surface area contributed by atoms with Gasteiger partial charge in [0.15, 0.2) is 11.6 Å². The molecule has 126 valence electrons. The van der Waals surface area contributed by atoms with Gasteiger partial charge in [0.1, 0.15) is 0 Å². The standard InChI is InChI=1S/C15H23N5O3/c1-3-12-17-15(23-18-12)11-6-4-5-8-20(11)10-14-16-13(19-22-14)7-9-21-2/h11H,3-10H2,1-2H3. The van der Waals surface area contributed by atoms with Gasteiger partial charge in [-0.1, -0.05) is 23.7 Å². The Morgan fingerprint density at radius 1 is 1.17 bits per heavy atom. The smallest absolute Gasteiger partial charge is 0.244 e. The Morgan fingerprint density at radius 2 is 2.04 bits per heavy atom. The van der Waals surface area contributed by atoms with Crippen LogP contribution in [0.15, 0.2) is 9.05 Å². The van der Waals surface area contributed by atoms with Crippen LogP contribution in [0, 0.1) is 0 Å². The minimum Gasteiger partial charge on any atom is -0.384 e. The Balaban J connectivity index is 1.67. The van der Waals surface area contributed by atoms with Crippen molar-refractivity contribution in [3.8, 4) is 0 Å². The van der Waals surface area contributed by atoms with Crippen LogP contribution in [0.5, 0.6) is 0 Å². The topological polar surface area (TPSA) is 90.3 Å². The summed E-state index contributed by atoms with van der Waals surface area (Å²) in [6.07, 6.45) is 4.76. The minimum atomic E-state index is 0.130. The summed E-state index contributed by atoms with van der Waals surface area (Å²) in [7, 11) is 1.66. The number of methoxy groups -OCH3 is 1. The van der Waals surface area contributed by atoms with E-state index < -0.39 is 0 Å². The summed E-state index contributed by atoms with van der Waals surface area (Å²) in [5, 5.41) is 8.00. The van der Waals surface area contributed by atoms with Crippen LogP contribution in [0.1, 0.15) is 55.7 Å². The van der Waals surface area contributed by atoms with Gasteiger partial charge in [-0.05, 0) is 19.4 Å². The second-order valence-corrected chi connectivity index (χ2v) is 5.73. The summed E-state index contributed by atoms with van der Waals surface area (Å²) in [5.41, 5.74) is 0. The number of aryl methyl sites for hydroxylation is 1. The lowest BCUT2D eigenvalue weighted by atomic mass is 10.0. The molecule has 0 aromatic carbocycles. The van der Waals surface area contributed by atoms with Crippen molar-refractivity contribution in [2.45, 2.75) is 51.6 Å². The lowest BCUT2D eigenvalue weighted by Gasteiger charge is -2.31. The van der Waals surface area contributed by atoms with Crippen LogP contribution >= 0.6 is 0 Å². The molecule has 0 spiro atoms. The Hall–Kier alpha value is -1.80. The first-order valence-corrected chi connectivity index (χ1v) is 8.17. The van der Waals surface area contributed by atoms with E-state index in [4.69, 9.17) is 13.8 Å². The highest BCUT2D eigenvalue weighted by Gasteiger charge is 2.29. The lowest BCUT2D eigenvalue weighted by Crippen LogP contribution is -2.33. The second kappa shape index (κ2) is 7.65. The van der Waals surface area contributed by atoms with Gasteiger partial charge >= 0.3 is 0 Å². The van der Waals surface area contributed by atoms with Crippen molar-refractivity contribution in [2.75, 3.05) is 20.3 Å². The SMILES string of the molecule is CCc1noc(C2CCCCN2Cc2nc(CCOC)no2)n1. The van der Waals surface area contributed by atoms with Gasteiger partial charge in [-0.3, -0.25) is 4.90 Å². The van der Waals surface area contributed by atoms with Crippen molar-refractivity contribution in [2.24, 2.45) is 0 Å². The maximum absolute atomic E-state index is 5.44. The Bertz CT molecular complexity index is 612. The van der Waals surface area contributed by atoms with E-state index in [0.29, 0.717) is 37.2 Å². The molecule has 3 rings (SSSR count). The van der Waals surface area contributed by atoms with E-state index in [1.807, 2.05) is 6.92 Å². The number of ether oxygens (including phenoxy) is 1. The van der Waals surface area contributed by atoms with E-state index in [9.17, 15) is 0 Å². The summed E-state index contributed by atoms with van der Waals surface area (Å²) >= 11 is 0. The first-order valence-electron chi connectivity index (χ1n) is 8.17. The van der Waals surface area contributed by atoms with Crippen molar-refractivity contribution in [1.82, 2.24) is 25.2 Å². The third kappa shape index (κ3) is 3.94. The molecule has 0 radical (unpaired) electrons. The molecule has 0 amide bonds. The van der Waals surface area contributed by atoms with Crippen LogP contribution in [0.2, 0.25) is 0 Å². The van der Waals surface area contributed by atoms with E-state index in [1.165, 1.54) is 0 Å². The zero-order valence-electron chi connectivity index (χ0n) is 13.7. The summed E-state index contributed by atoms with van der Waals surface area (Å²) in [5.74, 6) is 2.76. The van der Waals surface area contributed by atoms with Crippen molar-refractivity contribution in [3.05, 3.63) is 23.4 Å². The number of aromatic nitrogens is 4. The third-order valence-corrected chi connectivity index (χ3v) is 4.08. The van der Waals surface area contributed by atoms with E-state index in [2.05, 4.69) is 25.2 Å². The number of likely N-dealkylation sites (tertiary alicyclic amines) is 1. The fourth-order valence-electron chi connectivity index (χ4n) is 2.83. The average Bonchev–Trinajstić information content (AvgIpc) is 3.22. The van der Waals surface area contributed by atoms with Crippen molar-refractivity contribution < 1.29 is 13.8 Å². The van der Waals surface area contributed by atoms with Gasteiger partial charge in [0.2, 0.25) is 11.8 Å². The van der Waals surface area contributed by atoms with Crippen LogP contribution in [0.3, 0.4) is 0 Å². The molecule has 8 heteroatoms. The predicted molar refractivity (Wildman–Crippen MR) is 80.6 cm³/mol. The monoisotopic (exact) mass is 321 g/mol. The fourth-order valence-corrected chi connectivity index (χ4v) is 2.83. The zero-order valence-corrected chi connectivity index (χ0v) is 13.7. The number of hydrogen-bond donors (Lipinski definition) is 0. The molecule has 1 saturated heterocycles. The molecule has 0 aliphatic carbocycles. The molecule has 2 aromatic heterocycles. The van der Waals surface area contributed by atoms with E-state index in [-0.39, 0.29) is 6.04 Å². The molecule has 1 aliphatic heterocycles. The first kappa shape index (κ1) is 16.1. The van der Waals surface area contributed by atoms with Gasteiger partial charge in [0.05, 0.1) is 19.2 Å². The largest absolute Gasteiger partial charge is 0.384 e. The number of nitrogens with zero attached hydrogens (tertiary/aromatic N) is 5. The molecule has 1 unspecified atom stereocenters. The average molecular weight is 321 g/mol. The molecule has 1 atom stereocenters. The molecular weight excluding hydrogens is 298 g/mol. The van der Waals surface area contributed by atoms with Crippen molar-refractivity contribution in [3.63, 3.8) is 0 Å². The summed E-state index contributed by atoms with van der Waals surface area (Å²) < 4.78 is 15.8. The van der Waals surface area contributed by atoms with Gasteiger partial charge in [0.25, 0.3) is 0 Å². The molecule has 23 heavy (non-hydrogen) atoms. The van der Waals surface area contributed by atoms with Gasteiger partial charge in [0, 0.05) is 20.0 Å². The number of hydrogen-bond acceptors (Lipinski definition) is 8. The minimum absolute atomic E-state index is 0.130. The fraction of sp³-hybridized carbons (Fsp3) is 0.733. The highest BCUT2D eigenvalue weighted by Crippen LogP contribution is 2.31. The molecule has 1 fully saturated rings. The summed E-state index contributed by atoms with van der Waals surface area (Å²) in [6, 6.07) is 0.130. The van der Waals surface area contributed by atoms with E-state index >= 15 is 0 Å². The van der Waals surface area contributed by atoms with Gasteiger partial charge < -0.3 is 13.8 Å². The van der Waals surface area contributed by atoms with Crippen LogP contribution in [-0.4, -0.2) is 45.4 Å². The molecule has 3 heterocycles. The Kier molecular flexibility index (Phi) is 5.35. The highest BCUT2D eigenvalue weighted by atomic mass is 16.5. The van der Waals surface area contributed by atoms with Gasteiger partial charge in [-0.25, -0.2) is 0 Å². The Labute approximate surface area is 135 Å². The highest BCUT2D eigenvalue weighted by molar-refractivity contribution is 4.97. The van der Waals surface area contributed by atoms with Crippen molar-refractivity contribution >= 4 is 0 Å². The first-order chi connectivity index (χ1) is 11.3. The van der Waals surface area contributed by atoms with Crippen LogP contribution in [0.25, 0.3) is 0 Å². The molecule has 1 aliphatic rings. The summed E-state index contributed by atoms with van der Waals surface area (Å²) in [6.45, 7) is 4.18. The molecule has 0 bridgehead atoms. The Morgan fingerprint density at radius 3 is 2.83 bits per heavy atom. The number of piperidine rings is 1. The predicted octanol–water partition coefficient (Wildman–Crippen LogP) is 1.93. The molecule has 2 aromatic rings. The quantitative estimate of drug-likeness (QED) is 0.764. The summed E-state index contributed by atoms with van der Waals surface area (Å²) in [4.78, 5) is 11.2. The molecule has 8 nitrogen and oxygen atoms in total. The molecular formula is C15H23N5O3. The van der Waals surface area contributed by atoms with Gasteiger partial charge in [-0.15, -0.1) is 0 Å². The third-order valence-electron chi connectivity index (χ3n) is 4.08. The normalized spacial score (nSPS) is 19.3. The second-order valence-electron chi connectivity index (χ2n) is 5.73.